The monoisotopic (exact) mass is 391 g/mol. The van der Waals surface area contributed by atoms with Crippen molar-refractivity contribution in [3.63, 3.8) is 0 Å². The van der Waals surface area contributed by atoms with Crippen LogP contribution in [0.1, 0.15) is 65.7 Å². The fourth-order valence-electron chi connectivity index (χ4n) is 5.09. The number of aromatic nitrogens is 2. The molecule has 2 aromatic rings. The van der Waals surface area contributed by atoms with Crippen molar-refractivity contribution in [1.29, 1.82) is 0 Å². The van der Waals surface area contributed by atoms with E-state index in [1.807, 2.05) is 6.07 Å². The van der Waals surface area contributed by atoms with Gasteiger partial charge in [-0.15, -0.1) is 0 Å². The number of alkyl halides is 2. The Morgan fingerprint density at radius 2 is 2.11 bits per heavy atom. The van der Waals surface area contributed by atoms with Gasteiger partial charge in [-0.2, -0.15) is 5.10 Å². The summed E-state index contributed by atoms with van der Waals surface area (Å²) in [6.45, 7) is 3.45. The number of nitrogens with zero attached hydrogens (tertiary/aromatic N) is 2. The van der Waals surface area contributed by atoms with Crippen molar-refractivity contribution < 1.29 is 23.8 Å². The lowest BCUT2D eigenvalue weighted by Gasteiger charge is -2.30. The Morgan fingerprint density at radius 1 is 1.39 bits per heavy atom. The molecule has 4 atom stereocenters. The van der Waals surface area contributed by atoms with E-state index in [0.29, 0.717) is 12.1 Å². The van der Waals surface area contributed by atoms with Crippen molar-refractivity contribution in [3.8, 4) is 0 Å². The fourth-order valence-corrected chi connectivity index (χ4v) is 5.09. The first kappa shape index (κ1) is 19.0. The summed E-state index contributed by atoms with van der Waals surface area (Å²) in [7, 11) is 1.48. The van der Waals surface area contributed by atoms with Gasteiger partial charge in [0.2, 0.25) is 0 Å². The van der Waals surface area contributed by atoms with E-state index >= 15 is 0 Å². The summed E-state index contributed by atoms with van der Waals surface area (Å²) in [6, 6.07) is 5.43. The number of hydrogen-bond donors (Lipinski definition) is 3. The van der Waals surface area contributed by atoms with Gasteiger partial charge in [0.05, 0.1) is 17.3 Å². The first-order valence-electron chi connectivity index (χ1n) is 9.26. The average molecular weight is 391 g/mol. The standard InChI is InChI=1S/C20H23F2N3O3/c1-20(2,28)16-10-7-13(26)15(16)14-9(10)5-4-6-12(14)23-19(27)11-8-25(3)24-17(11)18(21)22/h4-6,8,10,13,15-16,18,26,28H,7H2,1-3H3,(H,23,27). The van der Waals surface area contributed by atoms with Gasteiger partial charge < -0.3 is 15.5 Å². The predicted octanol–water partition coefficient (Wildman–Crippen LogP) is 2.94. The van der Waals surface area contributed by atoms with Crippen molar-refractivity contribution in [3.05, 3.63) is 46.8 Å². The van der Waals surface area contributed by atoms with Crippen LogP contribution < -0.4 is 5.32 Å². The molecule has 2 aliphatic carbocycles. The molecule has 1 amide bonds. The first-order valence-corrected chi connectivity index (χ1v) is 9.26. The van der Waals surface area contributed by atoms with Gasteiger partial charge in [0.1, 0.15) is 5.69 Å². The average Bonchev–Trinajstić information content (AvgIpc) is 3.24. The summed E-state index contributed by atoms with van der Waals surface area (Å²) in [4.78, 5) is 12.7. The van der Waals surface area contributed by atoms with Gasteiger partial charge in [0, 0.05) is 30.8 Å². The highest BCUT2D eigenvalue weighted by molar-refractivity contribution is 6.05. The zero-order chi connectivity index (χ0) is 20.4. The van der Waals surface area contributed by atoms with Crippen LogP contribution in [-0.4, -0.2) is 37.6 Å². The molecule has 1 aromatic heterocycles. The Bertz CT molecular complexity index is 935. The van der Waals surface area contributed by atoms with Crippen molar-refractivity contribution in [1.82, 2.24) is 9.78 Å². The molecule has 4 rings (SSSR count). The Labute approximate surface area is 161 Å². The molecule has 1 fully saturated rings. The lowest BCUT2D eigenvalue weighted by Crippen LogP contribution is -2.34. The van der Waals surface area contributed by atoms with Gasteiger partial charge in [-0.05, 0) is 43.4 Å². The quantitative estimate of drug-likeness (QED) is 0.748. The summed E-state index contributed by atoms with van der Waals surface area (Å²) in [5.41, 5.74) is 0.502. The molecule has 4 unspecified atom stereocenters. The second-order valence-electron chi connectivity index (χ2n) is 8.28. The molecular weight excluding hydrogens is 368 g/mol. The van der Waals surface area contributed by atoms with Crippen LogP contribution in [0, 0.1) is 5.92 Å². The maximum Gasteiger partial charge on any atom is 0.282 e. The number of halogens is 2. The minimum absolute atomic E-state index is 0.0122. The molecule has 1 heterocycles. The van der Waals surface area contributed by atoms with E-state index in [1.54, 1.807) is 26.0 Å². The maximum atomic E-state index is 13.2. The molecule has 1 aromatic carbocycles. The molecular formula is C20H23F2N3O3. The summed E-state index contributed by atoms with van der Waals surface area (Å²) < 4.78 is 27.6. The number of aryl methyl sites for hydroxylation is 1. The highest BCUT2D eigenvalue weighted by Crippen LogP contribution is 2.62. The molecule has 6 nitrogen and oxygen atoms in total. The first-order chi connectivity index (χ1) is 13.1. The van der Waals surface area contributed by atoms with Crippen molar-refractivity contribution in [2.24, 2.45) is 13.0 Å². The number of nitrogens with one attached hydrogen (secondary N) is 1. The zero-order valence-corrected chi connectivity index (χ0v) is 15.9. The maximum absolute atomic E-state index is 13.2. The lowest BCUT2D eigenvalue weighted by atomic mass is 9.81. The Kier molecular flexibility index (Phi) is 4.31. The van der Waals surface area contributed by atoms with Crippen LogP contribution in [0.3, 0.4) is 0 Å². The van der Waals surface area contributed by atoms with E-state index in [1.165, 1.54) is 17.9 Å². The van der Waals surface area contributed by atoms with Gasteiger partial charge in [0.25, 0.3) is 12.3 Å². The summed E-state index contributed by atoms with van der Waals surface area (Å²) >= 11 is 0. The van der Waals surface area contributed by atoms with Gasteiger partial charge >= 0.3 is 0 Å². The molecule has 2 bridgehead atoms. The van der Waals surface area contributed by atoms with E-state index < -0.39 is 29.7 Å². The van der Waals surface area contributed by atoms with Crippen molar-refractivity contribution in [2.45, 2.75) is 50.2 Å². The highest BCUT2D eigenvalue weighted by atomic mass is 19.3. The van der Waals surface area contributed by atoms with Crippen molar-refractivity contribution >= 4 is 11.6 Å². The molecule has 28 heavy (non-hydrogen) atoms. The number of anilines is 1. The molecule has 0 saturated heterocycles. The minimum Gasteiger partial charge on any atom is -0.392 e. The Hall–Kier alpha value is -2.32. The van der Waals surface area contributed by atoms with Crippen LogP contribution in [-0.2, 0) is 7.05 Å². The van der Waals surface area contributed by atoms with E-state index in [0.717, 1.165) is 11.1 Å². The van der Waals surface area contributed by atoms with Gasteiger partial charge in [0.15, 0.2) is 0 Å². The van der Waals surface area contributed by atoms with Crippen molar-refractivity contribution in [2.75, 3.05) is 5.32 Å². The highest BCUT2D eigenvalue weighted by Gasteiger charge is 2.56. The molecule has 8 heteroatoms. The fraction of sp³-hybridized carbons (Fsp3) is 0.500. The predicted molar refractivity (Wildman–Crippen MR) is 98.5 cm³/mol. The number of carbonyl (C=O) groups is 1. The Balaban J connectivity index is 1.71. The molecule has 1 saturated carbocycles. The molecule has 0 spiro atoms. The number of amides is 1. The van der Waals surface area contributed by atoms with Crippen LogP contribution in [0.5, 0.6) is 0 Å². The smallest absolute Gasteiger partial charge is 0.282 e. The van der Waals surface area contributed by atoms with Gasteiger partial charge in [-0.3, -0.25) is 9.48 Å². The van der Waals surface area contributed by atoms with Crippen LogP contribution in [0.4, 0.5) is 14.5 Å². The second-order valence-corrected chi connectivity index (χ2v) is 8.28. The topological polar surface area (TPSA) is 87.4 Å². The third-order valence-corrected chi connectivity index (χ3v) is 5.98. The van der Waals surface area contributed by atoms with Gasteiger partial charge in [-0.25, -0.2) is 8.78 Å². The number of carbonyl (C=O) groups excluding carboxylic acids is 1. The third kappa shape index (κ3) is 2.82. The minimum atomic E-state index is -2.86. The lowest BCUT2D eigenvalue weighted by molar-refractivity contribution is 0.00323. The molecule has 0 radical (unpaired) electrons. The number of hydrogen-bond acceptors (Lipinski definition) is 4. The van der Waals surface area contributed by atoms with E-state index in [-0.39, 0.29) is 23.3 Å². The van der Waals surface area contributed by atoms with E-state index in [2.05, 4.69) is 10.4 Å². The molecule has 0 aliphatic heterocycles. The molecule has 3 N–H and O–H groups in total. The summed E-state index contributed by atoms with van der Waals surface area (Å²) in [5.74, 6) is -1.18. The summed E-state index contributed by atoms with van der Waals surface area (Å²) in [5, 5.41) is 27.6. The normalized spacial score (nSPS) is 26.0. The number of rotatable bonds is 4. The molecule has 150 valence electrons. The Morgan fingerprint density at radius 3 is 2.75 bits per heavy atom. The largest absolute Gasteiger partial charge is 0.392 e. The number of fused-ring (bicyclic) bond motifs is 5. The number of benzene rings is 1. The third-order valence-electron chi connectivity index (χ3n) is 5.98. The van der Waals surface area contributed by atoms with Crippen LogP contribution in [0.25, 0.3) is 0 Å². The van der Waals surface area contributed by atoms with E-state index in [9.17, 15) is 23.8 Å². The van der Waals surface area contributed by atoms with Crippen LogP contribution in [0.15, 0.2) is 24.4 Å². The van der Waals surface area contributed by atoms with E-state index in [4.69, 9.17) is 0 Å². The van der Waals surface area contributed by atoms with Crippen LogP contribution >= 0.6 is 0 Å². The second kappa shape index (κ2) is 6.35. The molecule has 2 aliphatic rings. The zero-order valence-electron chi connectivity index (χ0n) is 15.9. The summed E-state index contributed by atoms with van der Waals surface area (Å²) in [6.07, 6.45) is -1.66. The van der Waals surface area contributed by atoms with Gasteiger partial charge in [-0.1, -0.05) is 12.1 Å². The van der Waals surface area contributed by atoms with Crippen LogP contribution in [0.2, 0.25) is 0 Å². The SMILES string of the molecule is Cn1cc(C(=O)Nc2cccc3c2C2C(O)CC3C2C(C)(C)O)c(C(F)F)n1. The number of aliphatic hydroxyl groups excluding tert-OH is 1. The number of aliphatic hydroxyl groups is 2.